The van der Waals surface area contributed by atoms with Crippen LogP contribution in [0, 0.1) is 29.6 Å². The Labute approximate surface area is 90.4 Å². The summed E-state index contributed by atoms with van der Waals surface area (Å²) in [6, 6.07) is 0. The van der Waals surface area contributed by atoms with Crippen LogP contribution in [-0.2, 0) is 4.79 Å². The lowest BCUT2D eigenvalue weighted by Crippen LogP contribution is -2.45. The average Bonchev–Trinajstić information content (AvgIpc) is 2.30. The highest BCUT2D eigenvalue weighted by Gasteiger charge is 2.57. The molecule has 3 saturated carbocycles. The smallest absolute Gasteiger partial charge is 0.303 e. The molecule has 0 spiro atoms. The van der Waals surface area contributed by atoms with E-state index in [4.69, 9.17) is 5.11 Å². The van der Waals surface area contributed by atoms with Crippen molar-refractivity contribution in [1.29, 1.82) is 0 Å². The average molecular weight is 206 g/mol. The van der Waals surface area contributed by atoms with Gasteiger partial charge in [0.2, 0.25) is 0 Å². The zero-order valence-electron chi connectivity index (χ0n) is 8.98. The van der Waals surface area contributed by atoms with Crippen molar-refractivity contribution in [2.45, 2.75) is 32.1 Å². The lowest BCUT2D eigenvalue weighted by molar-refractivity contribution is -0.142. The Bertz CT molecular complexity index is 320. The predicted molar refractivity (Wildman–Crippen MR) is 57.3 cm³/mol. The molecular weight excluding hydrogens is 188 g/mol. The molecule has 2 bridgehead atoms. The van der Waals surface area contributed by atoms with Crippen LogP contribution in [0.1, 0.15) is 32.1 Å². The van der Waals surface area contributed by atoms with Crippen LogP contribution in [0.3, 0.4) is 0 Å². The second-order valence-corrected chi connectivity index (χ2v) is 5.55. The van der Waals surface area contributed by atoms with Gasteiger partial charge in [-0.3, -0.25) is 4.79 Å². The number of carboxylic acid groups (broad SMARTS) is 1. The van der Waals surface area contributed by atoms with Crippen molar-refractivity contribution >= 4 is 5.97 Å². The Balaban J connectivity index is 1.83. The highest BCUT2D eigenvalue weighted by Crippen LogP contribution is 2.64. The van der Waals surface area contributed by atoms with Crippen LogP contribution in [0.25, 0.3) is 0 Å². The van der Waals surface area contributed by atoms with Crippen molar-refractivity contribution in [3.63, 3.8) is 0 Å². The van der Waals surface area contributed by atoms with Gasteiger partial charge in [0.05, 0.1) is 0 Å². The van der Waals surface area contributed by atoms with Gasteiger partial charge in [-0.15, -0.1) is 0 Å². The molecule has 3 aliphatic rings. The number of carboxylic acids is 1. The van der Waals surface area contributed by atoms with E-state index in [1.54, 1.807) is 0 Å². The number of carbonyl (C=O) groups is 1. The predicted octanol–water partition coefficient (Wildman–Crippen LogP) is 2.70. The fourth-order valence-corrected chi connectivity index (χ4v) is 4.46. The second kappa shape index (κ2) is 3.10. The molecule has 0 aromatic rings. The molecule has 3 rings (SSSR count). The lowest BCUT2D eigenvalue weighted by atomic mass is 9.55. The molecule has 5 atom stereocenters. The summed E-state index contributed by atoms with van der Waals surface area (Å²) in [6.07, 6.45) is 5.54. The molecule has 15 heavy (non-hydrogen) atoms. The van der Waals surface area contributed by atoms with Gasteiger partial charge in [-0.25, -0.2) is 0 Å². The quantitative estimate of drug-likeness (QED) is 0.705. The van der Waals surface area contributed by atoms with Gasteiger partial charge >= 0.3 is 5.97 Å². The third-order valence-electron chi connectivity index (χ3n) is 5.03. The van der Waals surface area contributed by atoms with Crippen molar-refractivity contribution in [3.05, 3.63) is 12.2 Å². The Morgan fingerprint density at radius 2 is 2.20 bits per heavy atom. The summed E-state index contributed by atoms with van der Waals surface area (Å²) < 4.78 is 0. The maximum Gasteiger partial charge on any atom is 0.303 e. The maximum atomic E-state index is 10.8. The SMILES string of the molecule is C=C1[C@@H]2CCC[C@H]3C(C2)[C@@H]1[C@H]3CC(=O)O. The molecule has 2 heteroatoms. The summed E-state index contributed by atoms with van der Waals surface area (Å²) in [6.45, 7) is 4.22. The van der Waals surface area contributed by atoms with Gasteiger partial charge in [-0.2, -0.15) is 0 Å². The largest absolute Gasteiger partial charge is 0.481 e. The number of rotatable bonds is 2. The fraction of sp³-hybridized carbons (Fsp3) is 0.769. The van der Waals surface area contributed by atoms with E-state index in [-0.39, 0.29) is 0 Å². The zero-order chi connectivity index (χ0) is 10.6. The Hall–Kier alpha value is -0.790. The van der Waals surface area contributed by atoms with Gasteiger partial charge in [0.1, 0.15) is 0 Å². The van der Waals surface area contributed by atoms with E-state index in [1.807, 2.05) is 0 Å². The van der Waals surface area contributed by atoms with Crippen molar-refractivity contribution in [2.75, 3.05) is 0 Å². The van der Waals surface area contributed by atoms with Gasteiger partial charge in [0.25, 0.3) is 0 Å². The summed E-state index contributed by atoms with van der Waals surface area (Å²) in [5.74, 6) is 2.59. The second-order valence-electron chi connectivity index (χ2n) is 5.55. The molecule has 1 unspecified atom stereocenters. The third-order valence-corrected chi connectivity index (χ3v) is 5.03. The van der Waals surface area contributed by atoms with Crippen molar-refractivity contribution in [1.82, 2.24) is 0 Å². The van der Waals surface area contributed by atoms with E-state index < -0.39 is 5.97 Å². The first kappa shape index (κ1) is 9.44. The number of fused-ring (bicyclic) bond motifs is 1. The van der Waals surface area contributed by atoms with Gasteiger partial charge in [-0.05, 0) is 48.9 Å². The van der Waals surface area contributed by atoms with Crippen molar-refractivity contribution in [2.24, 2.45) is 29.6 Å². The number of allylic oxidation sites excluding steroid dienone is 1. The molecule has 0 aliphatic heterocycles. The van der Waals surface area contributed by atoms with Crippen LogP contribution >= 0.6 is 0 Å². The lowest BCUT2D eigenvalue weighted by Gasteiger charge is -2.49. The molecule has 0 radical (unpaired) electrons. The van der Waals surface area contributed by atoms with Crippen LogP contribution in [0.15, 0.2) is 12.2 Å². The van der Waals surface area contributed by atoms with Crippen LogP contribution in [-0.4, -0.2) is 11.1 Å². The van der Waals surface area contributed by atoms with Gasteiger partial charge in [0.15, 0.2) is 0 Å². The molecule has 3 aliphatic carbocycles. The molecule has 3 fully saturated rings. The Kier molecular flexibility index (Phi) is 1.95. The van der Waals surface area contributed by atoms with Crippen LogP contribution < -0.4 is 0 Å². The molecule has 0 amide bonds. The van der Waals surface area contributed by atoms with Crippen LogP contribution in [0.4, 0.5) is 0 Å². The van der Waals surface area contributed by atoms with E-state index in [1.165, 1.54) is 31.3 Å². The van der Waals surface area contributed by atoms with Crippen molar-refractivity contribution < 1.29 is 9.90 Å². The van der Waals surface area contributed by atoms with E-state index in [0.717, 1.165) is 11.8 Å². The minimum Gasteiger partial charge on any atom is -0.481 e. The van der Waals surface area contributed by atoms with Gasteiger partial charge in [0, 0.05) is 6.42 Å². The van der Waals surface area contributed by atoms with Gasteiger partial charge < -0.3 is 5.11 Å². The van der Waals surface area contributed by atoms with Crippen LogP contribution in [0.5, 0.6) is 0 Å². The molecule has 2 nitrogen and oxygen atoms in total. The minimum atomic E-state index is -0.625. The van der Waals surface area contributed by atoms with E-state index >= 15 is 0 Å². The molecule has 1 N–H and O–H groups in total. The standard InChI is InChI=1S/C13H18O2/c1-7-8-3-2-4-9-10(5-8)13(7)11(9)6-12(14)15/h8-11,13H,1-6H2,(H,14,15)/t8-,9+,10?,11+,13-/m1/s1. The Morgan fingerprint density at radius 1 is 1.40 bits per heavy atom. The minimum absolute atomic E-state index is 0.373. The Morgan fingerprint density at radius 3 is 2.93 bits per heavy atom. The summed E-state index contributed by atoms with van der Waals surface area (Å²) in [4.78, 5) is 10.8. The monoisotopic (exact) mass is 206 g/mol. The molecule has 0 aromatic carbocycles. The van der Waals surface area contributed by atoms with E-state index in [9.17, 15) is 4.79 Å². The third kappa shape index (κ3) is 1.20. The summed E-state index contributed by atoms with van der Waals surface area (Å²) in [5, 5.41) is 8.92. The molecule has 0 heterocycles. The number of hydrogen-bond donors (Lipinski definition) is 1. The first-order chi connectivity index (χ1) is 7.18. The van der Waals surface area contributed by atoms with Crippen molar-refractivity contribution in [3.8, 4) is 0 Å². The van der Waals surface area contributed by atoms with Crippen LogP contribution in [0.2, 0.25) is 0 Å². The number of hydrogen-bond acceptors (Lipinski definition) is 1. The maximum absolute atomic E-state index is 10.8. The van der Waals surface area contributed by atoms with E-state index in [0.29, 0.717) is 24.2 Å². The molecular formula is C13H18O2. The molecule has 82 valence electrons. The molecule has 0 saturated heterocycles. The number of aliphatic carboxylic acids is 1. The van der Waals surface area contributed by atoms with E-state index in [2.05, 4.69) is 6.58 Å². The topological polar surface area (TPSA) is 37.3 Å². The fourth-order valence-electron chi connectivity index (χ4n) is 4.46. The first-order valence-corrected chi connectivity index (χ1v) is 6.09. The highest BCUT2D eigenvalue weighted by atomic mass is 16.4. The summed E-state index contributed by atoms with van der Waals surface area (Å²) in [7, 11) is 0. The molecule has 0 aromatic heterocycles. The first-order valence-electron chi connectivity index (χ1n) is 6.09. The summed E-state index contributed by atoms with van der Waals surface area (Å²) >= 11 is 0. The highest BCUT2D eigenvalue weighted by molar-refractivity contribution is 5.67. The summed E-state index contributed by atoms with van der Waals surface area (Å²) in [5.41, 5.74) is 1.39. The normalized spacial score (nSPS) is 47.2. The van der Waals surface area contributed by atoms with Gasteiger partial charge in [-0.1, -0.05) is 18.6 Å². The zero-order valence-corrected chi connectivity index (χ0v) is 8.98.